The maximum Gasteiger partial charge on any atom is 0.238 e. The number of halogens is 1. The molecule has 45 heavy (non-hydrogen) atoms. The van der Waals surface area contributed by atoms with Crippen LogP contribution in [0.15, 0.2) is 59.5 Å². The number of sulfonamides is 1. The van der Waals surface area contributed by atoms with Gasteiger partial charge in [-0.3, -0.25) is 9.69 Å². The second kappa shape index (κ2) is 21.5. The van der Waals surface area contributed by atoms with Crippen molar-refractivity contribution in [2.45, 2.75) is 37.1 Å². The predicted octanol–water partition coefficient (Wildman–Crippen LogP) is 2.40. The molecule has 3 aromatic rings. The van der Waals surface area contributed by atoms with E-state index in [9.17, 15) is 22.4 Å². The van der Waals surface area contributed by atoms with Crippen molar-refractivity contribution in [3.63, 3.8) is 0 Å². The summed E-state index contributed by atoms with van der Waals surface area (Å²) < 4.78 is 38.4. The number of unbranched alkanes of at least 4 members (excludes halogenated alkanes) is 2. The molecule has 1 heterocycles. The van der Waals surface area contributed by atoms with Gasteiger partial charge in [0.1, 0.15) is 5.82 Å². The van der Waals surface area contributed by atoms with Gasteiger partial charge in [0.05, 0.1) is 34.4 Å². The molecule has 2 amide bonds. The molecule has 0 unspecified atom stereocenters. The number of aliphatic hydroxyl groups excluding tert-OH is 1. The minimum atomic E-state index is -3.85. The molecule has 0 saturated carbocycles. The van der Waals surface area contributed by atoms with E-state index in [4.69, 9.17) is 35.5 Å². The third-order valence-corrected chi connectivity index (χ3v) is 7.59. The number of nitrogens with two attached hydrogens (primary N) is 1. The third kappa shape index (κ3) is 14.3. The molecule has 16 heteroatoms. The van der Waals surface area contributed by atoms with Gasteiger partial charge in [-0.2, -0.15) is 23.1 Å². The molecular formula is C29H38FN6O5ReS3-3. The molecule has 0 saturated heterocycles. The van der Waals surface area contributed by atoms with E-state index >= 15 is 0 Å². The Bertz CT molecular complexity index is 1430. The molecule has 11 nitrogen and oxygen atoms in total. The van der Waals surface area contributed by atoms with Gasteiger partial charge in [0, 0.05) is 46.1 Å². The van der Waals surface area contributed by atoms with Crippen molar-refractivity contribution in [1.29, 1.82) is 0 Å². The number of benzene rings is 2. The van der Waals surface area contributed by atoms with E-state index in [1.54, 1.807) is 35.0 Å². The van der Waals surface area contributed by atoms with Gasteiger partial charge in [0.2, 0.25) is 15.9 Å². The number of nitrogens with zero attached hydrogens (tertiary/aromatic N) is 4. The van der Waals surface area contributed by atoms with Crippen LogP contribution in [-0.2, 0) is 71.8 Å². The number of primary sulfonamides is 1. The predicted molar refractivity (Wildman–Crippen MR) is 173 cm³/mol. The Kier molecular flexibility index (Phi) is 19.5. The van der Waals surface area contributed by atoms with Crippen LogP contribution in [0.1, 0.15) is 31.4 Å². The number of hydrogen-bond donors (Lipinski definition) is 3. The summed E-state index contributed by atoms with van der Waals surface area (Å²) in [5.41, 5.74) is 2.48. The van der Waals surface area contributed by atoms with Crippen molar-refractivity contribution in [2.75, 3.05) is 44.8 Å². The summed E-state index contributed by atoms with van der Waals surface area (Å²) >= 11 is 9.88. The molecule has 1 aromatic heterocycles. The first-order valence-electron chi connectivity index (χ1n) is 13.9. The number of rotatable bonds is 17. The third-order valence-electron chi connectivity index (χ3n) is 6.30. The molecule has 1 radical (unpaired) electrons. The van der Waals surface area contributed by atoms with Crippen LogP contribution in [-0.4, -0.2) is 84.8 Å². The Morgan fingerprint density at radius 3 is 2.29 bits per heavy atom. The maximum atomic E-state index is 13.5. The first kappa shape index (κ1) is 40.7. The minimum Gasteiger partial charge on any atom is -0.794 e. The van der Waals surface area contributed by atoms with Gasteiger partial charge in [-0.1, -0.05) is 6.42 Å². The van der Waals surface area contributed by atoms with Crippen molar-refractivity contribution in [2.24, 2.45) is 5.14 Å². The smallest absolute Gasteiger partial charge is 0.238 e. The first-order chi connectivity index (χ1) is 21.1. The second-order valence-electron chi connectivity index (χ2n) is 9.53. The van der Waals surface area contributed by atoms with Crippen molar-refractivity contribution >= 4 is 47.1 Å². The summed E-state index contributed by atoms with van der Waals surface area (Å²) in [6.45, 7) is 2.10. The molecular weight excluding hydrogens is 814 g/mol. The van der Waals surface area contributed by atoms with Crippen LogP contribution < -0.4 is 10.5 Å². The van der Waals surface area contributed by atoms with Crippen molar-refractivity contribution in [3.05, 3.63) is 71.4 Å². The van der Waals surface area contributed by atoms with Crippen molar-refractivity contribution in [3.8, 4) is 16.9 Å². The van der Waals surface area contributed by atoms with Gasteiger partial charge in [0.25, 0.3) is 0 Å². The number of amides is 2. The van der Waals surface area contributed by atoms with Gasteiger partial charge >= 0.3 is 0 Å². The van der Waals surface area contributed by atoms with Gasteiger partial charge in [-0.05, 0) is 80.5 Å². The van der Waals surface area contributed by atoms with E-state index in [0.29, 0.717) is 66.6 Å². The Labute approximate surface area is 289 Å². The zero-order chi connectivity index (χ0) is 32.5. The quantitative estimate of drug-likeness (QED) is 0.137. The van der Waals surface area contributed by atoms with E-state index in [2.05, 4.69) is 15.7 Å². The van der Waals surface area contributed by atoms with E-state index in [1.165, 1.54) is 24.3 Å². The molecule has 249 valence electrons. The van der Waals surface area contributed by atoms with Crippen LogP contribution in [0.25, 0.3) is 22.3 Å². The molecule has 4 N–H and O–H groups in total. The molecule has 0 aliphatic heterocycles. The van der Waals surface area contributed by atoms with Crippen LogP contribution in [0, 0.1) is 5.82 Å². The van der Waals surface area contributed by atoms with Crippen LogP contribution in [0.2, 0.25) is 0 Å². The normalized spacial score (nSPS) is 10.9. The summed E-state index contributed by atoms with van der Waals surface area (Å²) in [7, 11) is -2.85. The Balaban J connectivity index is 0.00000331. The Hall–Kier alpha value is -2.29. The number of aromatic nitrogens is 2. The molecule has 0 spiro atoms. The summed E-state index contributed by atoms with van der Waals surface area (Å²) in [6, 6.07) is 13.6. The topological polar surface area (TPSA) is 162 Å². The fourth-order valence-corrected chi connectivity index (χ4v) is 5.07. The fraction of sp³-hybridized carbons (Fsp3) is 0.414. The summed E-state index contributed by atoms with van der Waals surface area (Å²) in [6.07, 6.45) is 2.67. The molecule has 0 aliphatic carbocycles. The van der Waals surface area contributed by atoms with E-state index in [1.807, 2.05) is 4.90 Å². The van der Waals surface area contributed by atoms with Crippen LogP contribution in [0.4, 0.5) is 4.39 Å². The number of aliphatic hydroxyl groups is 1. The second-order valence-corrected chi connectivity index (χ2v) is 11.9. The van der Waals surface area contributed by atoms with E-state index < -0.39 is 10.0 Å². The number of carbonyl (C=O) groups excluding carboxylic acids is 2. The van der Waals surface area contributed by atoms with Crippen molar-refractivity contribution < 1.29 is 47.9 Å². The van der Waals surface area contributed by atoms with Gasteiger partial charge in [-0.15, -0.1) is 0 Å². The van der Waals surface area contributed by atoms with Gasteiger partial charge < -0.3 is 45.8 Å². The molecule has 0 atom stereocenters. The monoisotopic (exact) mass is 852 g/mol. The number of hydrogen-bond acceptors (Lipinski definition) is 9. The number of carbonyl (C=O) groups is 2. The molecule has 3 rings (SSSR count). The summed E-state index contributed by atoms with van der Waals surface area (Å²) in [5.74, 6) is 0.258. The molecule has 0 fully saturated rings. The zero-order valence-corrected chi connectivity index (χ0v) is 30.1. The van der Waals surface area contributed by atoms with E-state index in [-0.39, 0.29) is 56.0 Å². The van der Waals surface area contributed by atoms with Gasteiger partial charge in [-0.25, -0.2) is 22.6 Å². The average Bonchev–Trinajstić information content (AvgIpc) is 3.44. The Morgan fingerprint density at radius 1 is 1.02 bits per heavy atom. The summed E-state index contributed by atoms with van der Waals surface area (Å²) in [4.78, 5) is 26.4. The molecule has 2 aromatic carbocycles. The SMILES string of the molecule is CO.NS(=O)(=O)c1ccc(-n2nc(CNC(=O)CCCCCN(CC[S-])CC(=O)[N-]CC[S-])cc2-c2ccc(F)cc2)cc1.[Re]. The average molecular weight is 852 g/mol. The standard InChI is InChI=1S/C28H37FN6O4S3.CH4O.Re/c29-22-7-5-21(6-8-22)26-18-23(33-35(26)24-9-11-25(12-10-24)42(30,38)39)19-32-27(36)4-2-1-3-14-34(15-17-41)20-28(37)31-13-16-40;1-2;/h5-12,18H,1-4,13-17,19-20H2,(H6,30,31,32,36,37,38,39,40,41);2H,1H3;/p-3. The minimum absolute atomic E-state index is 0. The van der Waals surface area contributed by atoms with Crippen LogP contribution in [0.5, 0.6) is 0 Å². The maximum absolute atomic E-state index is 13.5. The Morgan fingerprint density at radius 2 is 1.69 bits per heavy atom. The van der Waals surface area contributed by atoms with Crippen molar-refractivity contribution in [1.82, 2.24) is 20.0 Å². The molecule has 0 bridgehead atoms. The summed E-state index contributed by atoms with van der Waals surface area (Å²) in [5, 5.41) is 23.6. The number of nitrogens with one attached hydrogen (secondary N) is 1. The fourth-order valence-electron chi connectivity index (χ4n) is 4.20. The zero-order valence-electron chi connectivity index (χ0n) is 24.9. The van der Waals surface area contributed by atoms with Crippen LogP contribution in [0.3, 0.4) is 0 Å². The largest absolute Gasteiger partial charge is 0.794 e. The van der Waals surface area contributed by atoms with Crippen LogP contribution >= 0.6 is 0 Å². The van der Waals surface area contributed by atoms with Gasteiger partial charge in [0.15, 0.2) is 0 Å². The first-order valence-corrected chi connectivity index (χ1v) is 16.6. The van der Waals surface area contributed by atoms with E-state index in [0.717, 1.165) is 20.0 Å². The molecule has 0 aliphatic rings.